The van der Waals surface area contributed by atoms with Gasteiger partial charge >= 0.3 is 6.18 Å². The Labute approximate surface area is 57.5 Å². The van der Waals surface area contributed by atoms with Crippen LogP contribution in [0.4, 0.5) is 13.2 Å². The predicted octanol–water partition coefficient (Wildman–Crippen LogP) is 2.14. The Balaban J connectivity index is 4.48. The summed E-state index contributed by atoms with van der Waals surface area (Å²) in [5.74, 6) is 0. The number of hydrogen-bond acceptors (Lipinski definition) is 1. The Morgan fingerprint density at radius 1 is 1.40 bits per heavy atom. The first-order valence-electron chi connectivity index (χ1n) is 2.63. The van der Waals surface area contributed by atoms with Crippen molar-refractivity contribution in [3.8, 4) is 0 Å². The van der Waals surface area contributed by atoms with Crippen LogP contribution in [0.25, 0.3) is 0 Å². The fourth-order valence-corrected chi connectivity index (χ4v) is 0.315. The van der Waals surface area contributed by atoms with Crippen molar-refractivity contribution in [2.75, 3.05) is 7.11 Å². The molecule has 0 aromatic heterocycles. The number of ether oxygens (including phenoxy) is 1. The van der Waals surface area contributed by atoms with Crippen molar-refractivity contribution < 1.29 is 17.9 Å². The van der Waals surface area contributed by atoms with E-state index in [1.165, 1.54) is 0 Å². The van der Waals surface area contributed by atoms with E-state index in [0.717, 1.165) is 20.1 Å². The average molecular weight is 154 g/mol. The second-order valence-corrected chi connectivity index (χ2v) is 2.01. The lowest BCUT2D eigenvalue weighted by molar-refractivity contribution is -0.242. The van der Waals surface area contributed by atoms with Gasteiger partial charge in [0.1, 0.15) is 0 Å². The van der Waals surface area contributed by atoms with Gasteiger partial charge in [0.25, 0.3) is 0 Å². The molecule has 4 heteroatoms. The minimum absolute atomic E-state index is 0.729. The van der Waals surface area contributed by atoms with E-state index in [1.807, 2.05) is 0 Å². The van der Waals surface area contributed by atoms with E-state index in [0.29, 0.717) is 0 Å². The average Bonchev–Trinajstić information content (AvgIpc) is 1.84. The third-order valence-corrected chi connectivity index (χ3v) is 1.38. The van der Waals surface area contributed by atoms with E-state index in [1.54, 1.807) is 0 Å². The van der Waals surface area contributed by atoms with Crippen molar-refractivity contribution in [3.05, 3.63) is 12.7 Å². The molecule has 0 aromatic carbocycles. The molecule has 1 atom stereocenters. The molecule has 0 aliphatic heterocycles. The Kier molecular flexibility index (Phi) is 2.48. The van der Waals surface area contributed by atoms with Gasteiger partial charge in [-0.2, -0.15) is 13.2 Å². The number of halogens is 3. The summed E-state index contributed by atoms with van der Waals surface area (Å²) in [6.45, 7) is 3.94. The topological polar surface area (TPSA) is 9.23 Å². The standard InChI is InChI=1S/C6H9F3O/c1-4-5(2,10-3)6(7,8)9/h4H,1H2,2-3H3. The molecular weight excluding hydrogens is 145 g/mol. The summed E-state index contributed by atoms with van der Waals surface area (Å²) in [5, 5.41) is 0. The van der Waals surface area contributed by atoms with Crippen molar-refractivity contribution in [2.24, 2.45) is 0 Å². The summed E-state index contributed by atoms with van der Waals surface area (Å²) in [6, 6.07) is 0. The first kappa shape index (κ1) is 9.49. The maximum absolute atomic E-state index is 11.9. The van der Waals surface area contributed by atoms with Gasteiger partial charge in [-0.3, -0.25) is 0 Å². The molecule has 1 nitrogen and oxygen atoms in total. The molecule has 0 N–H and O–H groups in total. The van der Waals surface area contributed by atoms with Gasteiger partial charge in [-0.25, -0.2) is 0 Å². The molecule has 60 valence electrons. The van der Waals surface area contributed by atoms with Gasteiger partial charge in [-0.1, -0.05) is 12.7 Å². The third-order valence-electron chi connectivity index (χ3n) is 1.38. The number of alkyl halides is 3. The minimum atomic E-state index is -4.39. The molecule has 0 fully saturated rings. The molecule has 10 heavy (non-hydrogen) atoms. The molecule has 0 aliphatic rings. The molecule has 0 radical (unpaired) electrons. The van der Waals surface area contributed by atoms with Crippen molar-refractivity contribution in [3.63, 3.8) is 0 Å². The Morgan fingerprint density at radius 2 is 1.80 bits per heavy atom. The zero-order valence-corrected chi connectivity index (χ0v) is 5.83. The quantitative estimate of drug-likeness (QED) is 0.553. The van der Waals surface area contributed by atoms with Gasteiger partial charge in [0.15, 0.2) is 5.60 Å². The lowest BCUT2D eigenvalue weighted by Gasteiger charge is -2.26. The van der Waals surface area contributed by atoms with E-state index in [4.69, 9.17) is 0 Å². The molecule has 1 unspecified atom stereocenters. The molecule has 0 spiro atoms. The molecule has 0 heterocycles. The van der Waals surface area contributed by atoms with Crippen LogP contribution in [0.15, 0.2) is 12.7 Å². The van der Waals surface area contributed by atoms with Gasteiger partial charge in [0, 0.05) is 7.11 Å². The van der Waals surface area contributed by atoms with Crippen LogP contribution in [0.3, 0.4) is 0 Å². The summed E-state index contributed by atoms with van der Waals surface area (Å²) < 4.78 is 39.9. The summed E-state index contributed by atoms with van der Waals surface area (Å²) >= 11 is 0. The largest absolute Gasteiger partial charge is 0.420 e. The van der Waals surface area contributed by atoms with Crippen LogP contribution < -0.4 is 0 Å². The summed E-state index contributed by atoms with van der Waals surface area (Å²) in [4.78, 5) is 0. The highest BCUT2D eigenvalue weighted by Gasteiger charge is 2.49. The van der Waals surface area contributed by atoms with Crippen molar-refractivity contribution in [1.29, 1.82) is 0 Å². The molecule has 0 saturated carbocycles. The number of methoxy groups -OCH3 is 1. The highest BCUT2D eigenvalue weighted by molar-refractivity contribution is 4.99. The third kappa shape index (κ3) is 1.50. The Bertz CT molecular complexity index is 129. The monoisotopic (exact) mass is 154 g/mol. The highest BCUT2D eigenvalue weighted by Crippen LogP contribution is 2.33. The SMILES string of the molecule is C=CC(C)(OC)C(F)(F)F. The second kappa shape index (κ2) is 2.62. The lowest BCUT2D eigenvalue weighted by atomic mass is 10.1. The van der Waals surface area contributed by atoms with Gasteiger partial charge < -0.3 is 4.74 Å². The van der Waals surface area contributed by atoms with Crippen LogP contribution in [0.5, 0.6) is 0 Å². The summed E-state index contributed by atoms with van der Waals surface area (Å²) in [7, 11) is 0.995. The van der Waals surface area contributed by atoms with Crippen LogP contribution in [0.1, 0.15) is 6.92 Å². The van der Waals surface area contributed by atoms with E-state index >= 15 is 0 Å². The van der Waals surface area contributed by atoms with Gasteiger partial charge in [0.05, 0.1) is 0 Å². The number of hydrogen-bond donors (Lipinski definition) is 0. The van der Waals surface area contributed by atoms with Crippen LogP contribution >= 0.6 is 0 Å². The van der Waals surface area contributed by atoms with E-state index in [-0.39, 0.29) is 0 Å². The predicted molar refractivity (Wildman–Crippen MR) is 31.7 cm³/mol. The molecular formula is C6H9F3O. The minimum Gasteiger partial charge on any atom is -0.365 e. The van der Waals surface area contributed by atoms with Crippen molar-refractivity contribution >= 4 is 0 Å². The summed E-state index contributed by atoms with van der Waals surface area (Å²) in [5.41, 5.74) is -2.22. The maximum Gasteiger partial charge on any atom is 0.420 e. The Hall–Kier alpha value is -0.510. The van der Waals surface area contributed by atoms with Crippen LogP contribution in [0, 0.1) is 0 Å². The molecule has 0 aromatic rings. The number of rotatable bonds is 2. The lowest BCUT2D eigenvalue weighted by Crippen LogP contribution is -2.41. The van der Waals surface area contributed by atoms with Crippen molar-refractivity contribution in [2.45, 2.75) is 18.7 Å². The second-order valence-electron chi connectivity index (χ2n) is 2.01. The van der Waals surface area contributed by atoms with E-state index in [9.17, 15) is 13.2 Å². The van der Waals surface area contributed by atoms with Crippen LogP contribution in [-0.2, 0) is 4.74 Å². The van der Waals surface area contributed by atoms with Gasteiger partial charge in [-0.15, -0.1) is 0 Å². The van der Waals surface area contributed by atoms with Gasteiger partial charge in [-0.05, 0) is 6.92 Å². The fourth-order valence-electron chi connectivity index (χ4n) is 0.315. The first-order valence-corrected chi connectivity index (χ1v) is 2.63. The highest BCUT2D eigenvalue weighted by atomic mass is 19.4. The summed E-state index contributed by atoms with van der Waals surface area (Å²) in [6.07, 6.45) is -3.66. The zero-order valence-electron chi connectivity index (χ0n) is 5.83. The van der Waals surface area contributed by atoms with Gasteiger partial charge in [0.2, 0.25) is 0 Å². The zero-order chi connectivity index (χ0) is 8.41. The molecule has 0 bridgehead atoms. The fraction of sp³-hybridized carbons (Fsp3) is 0.667. The molecule has 0 amide bonds. The van der Waals surface area contributed by atoms with Crippen LogP contribution in [0.2, 0.25) is 0 Å². The van der Waals surface area contributed by atoms with Crippen LogP contribution in [-0.4, -0.2) is 18.9 Å². The Morgan fingerprint density at radius 3 is 1.80 bits per heavy atom. The maximum atomic E-state index is 11.9. The first-order chi connectivity index (χ1) is 4.37. The molecule has 0 aliphatic carbocycles. The van der Waals surface area contributed by atoms with E-state index in [2.05, 4.69) is 11.3 Å². The van der Waals surface area contributed by atoms with E-state index < -0.39 is 11.8 Å². The normalized spacial score (nSPS) is 18.1. The molecule has 0 rings (SSSR count). The van der Waals surface area contributed by atoms with Crippen molar-refractivity contribution in [1.82, 2.24) is 0 Å². The smallest absolute Gasteiger partial charge is 0.365 e. The molecule has 0 saturated heterocycles.